The van der Waals surface area contributed by atoms with Crippen LogP contribution in [-0.4, -0.2) is 13.2 Å². The molecule has 0 aliphatic carbocycles. The van der Waals surface area contributed by atoms with Gasteiger partial charge in [0.05, 0.1) is 24.6 Å². The second-order valence-electron chi connectivity index (χ2n) is 5.08. The number of ether oxygens (including phenoxy) is 1. The van der Waals surface area contributed by atoms with E-state index in [-0.39, 0.29) is 12.0 Å². The summed E-state index contributed by atoms with van der Waals surface area (Å²) in [4.78, 5) is 0. The summed E-state index contributed by atoms with van der Waals surface area (Å²) < 4.78 is 5.36. The molecular weight excluding hydrogens is 252 g/mol. The number of nitrogens with one attached hydrogen (secondary N) is 2. The van der Waals surface area contributed by atoms with Crippen molar-refractivity contribution in [3.05, 3.63) is 34.5 Å². The van der Waals surface area contributed by atoms with Crippen molar-refractivity contribution < 1.29 is 4.74 Å². The molecule has 1 aliphatic heterocycles. The van der Waals surface area contributed by atoms with Gasteiger partial charge in [0, 0.05) is 17.2 Å². The maximum atomic E-state index is 9.28. The van der Waals surface area contributed by atoms with Gasteiger partial charge in [0.25, 0.3) is 0 Å². The first kappa shape index (κ1) is 14.2. The molecule has 0 aromatic heterocycles. The largest absolute Gasteiger partial charge is 0.496 e. The summed E-state index contributed by atoms with van der Waals surface area (Å²) in [5.41, 5.74) is 16.8. The number of hydrogen-bond donors (Lipinski definition) is 3. The zero-order valence-electron chi connectivity index (χ0n) is 12.2. The predicted molar refractivity (Wildman–Crippen MR) is 78.4 cm³/mol. The van der Waals surface area contributed by atoms with Gasteiger partial charge in [-0.1, -0.05) is 6.07 Å². The lowest BCUT2D eigenvalue weighted by Gasteiger charge is -2.31. The molecule has 4 N–H and O–H groups in total. The minimum Gasteiger partial charge on any atom is -0.496 e. The van der Waals surface area contributed by atoms with Crippen molar-refractivity contribution in [2.75, 3.05) is 7.11 Å². The lowest BCUT2D eigenvalue weighted by molar-refractivity contribution is 0.410. The summed E-state index contributed by atoms with van der Waals surface area (Å²) in [5, 5.41) is 9.28. The summed E-state index contributed by atoms with van der Waals surface area (Å²) in [7, 11) is 1.64. The van der Waals surface area contributed by atoms with Gasteiger partial charge < -0.3 is 15.9 Å². The van der Waals surface area contributed by atoms with Crippen molar-refractivity contribution in [2.45, 2.75) is 26.8 Å². The number of aryl methyl sites for hydroxylation is 1. The number of hydrogen-bond acceptors (Lipinski definition) is 5. The first-order valence-corrected chi connectivity index (χ1v) is 6.56. The monoisotopic (exact) mass is 272 g/mol. The van der Waals surface area contributed by atoms with Crippen LogP contribution in [0.3, 0.4) is 0 Å². The van der Waals surface area contributed by atoms with E-state index >= 15 is 0 Å². The van der Waals surface area contributed by atoms with Gasteiger partial charge in [-0.25, -0.2) is 5.43 Å². The first-order valence-electron chi connectivity index (χ1n) is 6.56. The molecule has 1 unspecified atom stereocenters. The van der Waals surface area contributed by atoms with Crippen LogP contribution in [0.15, 0.2) is 17.8 Å². The highest BCUT2D eigenvalue weighted by Crippen LogP contribution is 2.32. The molecule has 1 aromatic carbocycles. The molecule has 5 heteroatoms. The van der Waals surface area contributed by atoms with E-state index in [2.05, 4.69) is 16.9 Å². The molecule has 0 amide bonds. The van der Waals surface area contributed by atoms with Gasteiger partial charge in [-0.15, -0.1) is 0 Å². The molecule has 1 aliphatic rings. The van der Waals surface area contributed by atoms with E-state index in [1.807, 2.05) is 32.9 Å². The molecule has 2 rings (SSSR count). The maximum Gasteiger partial charge on any atom is 0.122 e. The number of nitrogens with zero attached hydrogens (tertiary/aromatic N) is 1. The van der Waals surface area contributed by atoms with Crippen LogP contribution >= 0.6 is 0 Å². The molecule has 1 aromatic rings. The number of benzene rings is 1. The molecule has 20 heavy (non-hydrogen) atoms. The minimum absolute atomic E-state index is 0.0324. The van der Waals surface area contributed by atoms with E-state index in [4.69, 9.17) is 10.5 Å². The Kier molecular flexibility index (Phi) is 3.86. The summed E-state index contributed by atoms with van der Waals surface area (Å²) in [5.74, 6) is 0.455. The molecule has 0 saturated carbocycles. The fraction of sp³-hybridized carbons (Fsp3) is 0.400. The average molecular weight is 272 g/mol. The van der Waals surface area contributed by atoms with E-state index in [1.165, 1.54) is 0 Å². The highest BCUT2D eigenvalue weighted by atomic mass is 16.5. The number of nitriles is 1. The Hall–Kier alpha value is -2.19. The molecular formula is C15H20N4O. The molecule has 0 saturated heterocycles. The van der Waals surface area contributed by atoms with Crippen LogP contribution < -0.4 is 21.3 Å². The second kappa shape index (κ2) is 5.43. The summed E-state index contributed by atoms with van der Waals surface area (Å²) in [6, 6.07) is 6.15. The summed E-state index contributed by atoms with van der Waals surface area (Å²) in [6.45, 7) is 5.93. The van der Waals surface area contributed by atoms with Gasteiger partial charge in [0.2, 0.25) is 0 Å². The van der Waals surface area contributed by atoms with Gasteiger partial charge in [-0.05, 0) is 32.4 Å². The lowest BCUT2D eigenvalue weighted by atomic mass is 9.91. The third-order valence-electron chi connectivity index (χ3n) is 3.78. The molecule has 0 fully saturated rings. The van der Waals surface area contributed by atoms with Crippen molar-refractivity contribution in [1.29, 1.82) is 5.26 Å². The molecule has 2 atom stereocenters. The summed E-state index contributed by atoms with van der Waals surface area (Å²) in [6.07, 6.45) is 0. The second-order valence-corrected chi connectivity index (χ2v) is 5.08. The van der Waals surface area contributed by atoms with Crippen molar-refractivity contribution in [3.8, 4) is 11.8 Å². The Morgan fingerprint density at radius 2 is 2.05 bits per heavy atom. The molecule has 106 valence electrons. The minimum atomic E-state index is -0.351. The first-order chi connectivity index (χ1) is 9.51. The third kappa shape index (κ3) is 2.19. The summed E-state index contributed by atoms with van der Waals surface area (Å²) >= 11 is 0. The third-order valence-corrected chi connectivity index (χ3v) is 3.78. The van der Waals surface area contributed by atoms with Crippen LogP contribution in [0.2, 0.25) is 0 Å². The van der Waals surface area contributed by atoms with E-state index in [9.17, 15) is 5.26 Å². The Morgan fingerprint density at radius 1 is 1.35 bits per heavy atom. The van der Waals surface area contributed by atoms with Gasteiger partial charge in [0.1, 0.15) is 11.7 Å². The smallest absolute Gasteiger partial charge is 0.122 e. The van der Waals surface area contributed by atoms with Crippen LogP contribution in [0.5, 0.6) is 5.75 Å². The Morgan fingerprint density at radius 3 is 2.65 bits per heavy atom. The highest BCUT2D eigenvalue weighted by molar-refractivity contribution is 5.74. The zero-order valence-corrected chi connectivity index (χ0v) is 12.2. The van der Waals surface area contributed by atoms with Gasteiger partial charge >= 0.3 is 0 Å². The van der Waals surface area contributed by atoms with Crippen LogP contribution in [0, 0.1) is 31.1 Å². The van der Waals surface area contributed by atoms with Crippen LogP contribution in [-0.2, 0) is 0 Å². The van der Waals surface area contributed by atoms with E-state index in [1.54, 1.807) is 7.11 Å². The Balaban J connectivity index is 2.62. The Labute approximate surface area is 119 Å². The number of hydrazine groups is 1. The fourth-order valence-corrected chi connectivity index (χ4v) is 2.59. The normalized spacial score (nSPS) is 22.1. The standard InChI is InChI=1S/C15H20N4O/c1-8-5-6-12(20-4)9(2)13(8)15-14(17)11(7-16)10(3)18-19-15/h5-6,10-11,18-19H,17H2,1-4H3/t10?,11-/m0/s1. The van der Waals surface area contributed by atoms with Crippen LogP contribution in [0.25, 0.3) is 5.70 Å². The highest BCUT2D eigenvalue weighted by Gasteiger charge is 2.29. The molecule has 0 bridgehead atoms. The van der Waals surface area contributed by atoms with Gasteiger partial charge in [0.15, 0.2) is 0 Å². The molecule has 1 heterocycles. The van der Waals surface area contributed by atoms with E-state index in [0.717, 1.165) is 28.1 Å². The number of methoxy groups -OCH3 is 1. The fourth-order valence-electron chi connectivity index (χ4n) is 2.59. The average Bonchev–Trinajstić information content (AvgIpc) is 2.42. The lowest BCUT2D eigenvalue weighted by Crippen LogP contribution is -2.49. The van der Waals surface area contributed by atoms with Crippen molar-refractivity contribution in [1.82, 2.24) is 10.9 Å². The SMILES string of the molecule is COc1ccc(C)c(C2=C(N)[C@@H](C#N)C(C)NN2)c1C. The van der Waals surface area contributed by atoms with Gasteiger partial charge in [-0.3, -0.25) is 0 Å². The van der Waals surface area contributed by atoms with E-state index < -0.39 is 0 Å². The quantitative estimate of drug-likeness (QED) is 0.761. The van der Waals surface area contributed by atoms with Crippen LogP contribution in [0.1, 0.15) is 23.6 Å². The van der Waals surface area contributed by atoms with Crippen molar-refractivity contribution in [3.63, 3.8) is 0 Å². The zero-order chi connectivity index (χ0) is 14.9. The molecule has 0 radical (unpaired) electrons. The predicted octanol–water partition coefficient (Wildman–Crippen LogP) is 1.58. The van der Waals surface area contributed by atoms with Crippen LogP contribution in [0.4, 0.5) is 0 Å². The topological polar surface area (TPSA) is 83.1 Å². The molecule has 0 spiro atoms. The van der Waals surface area contributed by atoms with Gasteiger partial charge in [-0.2, -0.15) is 5.26 Å². The molecule has 5 nitrogen and oxygen atoms in total. The Bertz CT molecular complexity index is 601. The number of nitrogens with two attached hydrogens (primary N) is 1. The maximum absolute atomic E-state index is 9.28. The van der Waals surface area contributed by atoms with Crippen molar-refractivity contribution in [2.24, 2.45) is 11.7 Å². The number of rotatable bonds is 2. The van der Waals surface area contributed by atoms with Crippen molar-refractivity contribution >= 4 is 5.70 Å². The van der Waals surface area contributed by atoms with E-state index in [0.29, 0.717) is 5.70 Å².